The normalized spacial score (nSPS) is 12.0. The molecule has 1 atom stereocenters. The maximum Gasteiger partial charge on any atom is 0.232 e. The summed E-state index contributed by atoms with van der Waals surface area (Å²) in [7, 11) is 0. The van der Waals surface area contributed by atoms with Crippen molar-refractivity contribution in [1.82, 2.24) is 4.98 Å². The highest BCUT2D eigenvalue weighted by Gasteiger charge is 2.32. The number of benzene rings is 4. The van der Waals surface area contributed by atoms with Crippen LogP contribution in [-0.2, 0) is 22.4 Å². The smallest absolute Gasteiger partial charge is 0.232 e. The van der Waals surface area contributed by atoms with Crippen molar-refractivity contribution >= 4 is 39.9 Å². The summed E-state index contributed by atoms with van der Waals surface area (Å²) in [5.74, 6) is 0.186. The molecule has 1 heterocycles. The maximum absolute atomic E-state index is 14.3. The lowest BCUT2D eigenvalue weighted by molar-refractivity contribution is -0.125. The van der Waals surface area contributed by atoms with E-state index in [1.54, 1.807) is 17.0 Å². The molecule has 0 radical (unpaired) electrons. The van der Waals surface area contributed by atoms with E-state index < -0.39 is 6.04 Å². The number of amides is 1. The minimum absolute atomic E-state index is 0.0219. The zero-order valence-corrected chi connectivity index (χ0v) is 23.6. The van der Waals surface area contributed by atoms with Gasteiger partial charge < -0.3 is 4.98 Å². The Hall–Kier alpha value is -4.15. The Labute approximate surface area is 240 Å². The van der Waals surface area contributed by atoms with Crippen molar-refractivity contribution in [3.05, 3.63) is 137 Å². The summed E-state index contributed by atoms with van der Waals surface area (Å²) in [6.45, 7) is 4.27. The van der Waals surface area contributed by atoms with Crippen molar-refractivity contribution in [3.63, 3.8) is 0 Å². The third-order valence-electron chi connectivity index (χ3n) is 7.38. The Morgan fingerprint density at radius 1 is 0.800 bits per heavy atom. The van der Waals surface area contributed by atoms with Crippen LogP contribution in [-0.4, -0.2) is 16.7 Å². The number of nitrogens with one attached hydrogen (secondary N) is 1. The average molecular weight is 549 g/mol. The van der Waals surface area contributed by atoms with Crippen LogP contribution in [0.25, 0.3) is 10.9 Å². The van der Waals surface area contributed by atoms with Crippen molar-refractivity contribution in [2.24, 2.45) is 0 Å². The number of halogens is 1. The monoisotopic (exact) mass is 548 g/mol. The number of carbonyl (C=O) groups excluding carboxylic acids is 2. The van der Waals surface area contributed by atoms with E-state index in [9.17, 15) is 9.59 Å². The number of hydrogen-bond donors (Lipinski definition) is 1. The molecule has 0 saturated heterocycles. The molecule has 4 nitrogen and oxygen atoms in total. The van der Waals surface area contributed by atoms with Gasteiger partial charge in [-0.15, -0.1) is 0 Å². The van der Waals surface area contributed by atoms with E-state index in [1.807, 2.05) is 97.2 Å². The summed E-state index contributed by atoms with van der Waals surface area (Å²) in [5.41, 5.74) is 5.57. The number of nitrogens with zero attached hydrogens (tertiary/aromatic N) is 1. The Balaban J connectivity index is 1.56. The molecule has 4 aromatic carbocycles. The number of H-pyrrole nitrogens is 1. The molecule has 5 aromatic rings. The van der Waals surface area contributed by atoms with Gasteiger partial charge in [0.1, 0.15) is 6.04 Å². The van der Waals surface area contributed by atoms with Crippen LogP contribution in [0.3, 0.4) is 0 Å². The minimum atomic E-state index is -0.788. The second-order valence-electron chi connectivity index (χ2n) is 10.5. The number of anilines is 1. The fraction of sp³-hybridized carbons (Fsp3) is 0.200. The van der Waals surface area contributed by atoms with Gasteiger partial charge in [-0.2, -0.15) is 0 Å². The van der Waals surface area contributed by atoms with Crippen LogP contribution in [0.2, 0.25) is 5.02 Å². The molecule has 0 saturated carbocycles. The SMILES string of the molecule is CC(C)c1ccc(N(C(=O)Cc2c[nH]c3ccccc23)C(C(=O)CCc2ccccc2)c2ccc(Cl)cc2)cc1. The summed E-state index contributed by atoms with van der Waals surface area (Å²) < 4.78 is 0. The Bertz CT molecular complexity index is 1590. The first-order valence-corrected chi connectivity index (χ1v) is 14.1. The fourth-order valence-electron chi connectivity index (χ4n) is 5.16. The van der Waals surface area contributed by atoms with Crippen LogP contribution in [0.4, 0.5) is 5.69 Å². The van der Waals surface area contributed by atoms with Gasteiger partial charge in [-0.05, 0) is 64.9 Å². The highest BCUT2D eigenvalue weighted by Crippen LogP contribution is 2.33. The largest absolute Gasteiger partial charge is 0.361 e. The zero-order valence-electron chi connectivity index (χ0n) is 22.8. The predicted octanol–water partition coefficient (Wildman–Crippen LogP) is 8.46. The fourth-order valence-corrected chi connectivity index (χ4v) is 5.28. The quantitative estimate of drug-likeness (QED) is 0.190. The van der Waals surface area contributed by atoms with Gasteiger partial charge in [-0.1, -0.05) is 98.2 Å². The van der Waals surface area contributed by atoms with Crippen LogP contribution in [0.1, 0.15) is 54.5 Å². The topological polar surface area (TPSA) is 53.2 Å². The number of Topliss-reactive ketones (excluding diaryl/α,β-unsaturated/α-hetero) is 1. The van der Waals surface area contributed by atoms with E-state index in [4.69, 9.17) is 11.6 Å². The molecule has 202 valence electrons. The van der Waals surface area contributed by atoms with E-state index in [-0.39, 0.29) is 18.1 Å². The number of rotatable bonds is 10. The molecule has 1 N–H and O–H groups in total. The highest BCUT2D eigenvalue weighted by atomic mass is 35.5. The molecule has 0 aliphatic carbocycles. The number of carbonyl (C=O) groups is 2. The first-order chi connectivity index (χ1) is 19.4. The maximum atomic E-state index is 14.3. The number of aryl methyl sites for hydroxylation is 1. The lowest BCUT2D eigenvalue weighted by atomic mass is 9.94. The van der Waals surface area contributed by atoms with Crippen LogP contribution >= 0.6 is 11.6 Å². The number of fused-ring (bicyclic) bond motifs is 1. The molecule has 1 unspecified atom stereocenters. The summed E-state index contributed by atoms with van der Waals surface area (Å²) >= 11 is 6.22. The second-order valence-corrected chi connectivity index (χ2v) is 10.9. The molecule has 0 spiro atoms. The van der Waals surface area contributed by atoms with Crippen molar-refractivity contribution in [2.45, 2.75) is 45.1 Å². The number of hydrogen-bond acceptors (Lipinski definition) is 2. The van der Waals surface area contributed by atoms with Gasteiger partial charge in [0.15, 0.2) is 5.78 Å². The minimum Gasteiger partial charge on any atom is -0.361 e. The molecule has 1 amide bonds. The summed E-state index contributed by atoms with van der Waals surface area (Å²) in [6.07, 6.45) is 2.95. The average Bonchev–Trinajstić information content (AvgIpc) is 3.38. The Morgan fingerprint density at radius 2 is 1.45 bits per heavy atom. The van der Waals surface area contributed by atoms with Gasteiger partial charge in [-0.25, -0.2) is 0 Å². The Kier molecular flexibility index (Phi) is 8.47. The third kappa shape index (κ3) is 6.19. The van der Waals surface area contributed by atoms with Crippen LogP contribution in [0, 0.1) is 0 Å². The standard InChI is InChI=1S/C35H33ClN2O2/c1-24(2)26-15-19-30(20-16-26)38(34(40)22-28-23-37-32-11-7-6-10-31(28)32)35(27-13-17-29(36)18-14-27)33(39)21-12-25-8-4-3-5-9-25/h3-11,13-20,23-24,35,37H,12,21-22H2,1-2H3. The van der Waals surface area contributed by atoms with Gasteiger partial charge >= 0.3 is 0 Å². The number of aromatic nitrogens is 1. The molecule has 0 fully saturated rings. The molecular formula is C35H33ClN2O2. The lowest BCUT2D eigenvalue weighted by Crippen LogP contribution is -2.40. The number of aromatic amines is 1. The van der Waals surface area contributed by atoms with Gasteiger partial charge in [-0.3, -0.25) is 14.5 Å². The summed E-state index contributed by atoms with van der Waals surface area (Å²) in [4.78, 5) is 33.3. The molecule has 1 aromatic heterocycles. The molecule has 5 heteroatoms. The Morgan fingerprint density at radius 3 is 2.15 bits per heavy atom. The molecular weight excluding hydrogens is 516 g/mol. The molecule has 0 aliphatic rings. The number of ketones is 1. The van der Waals surface area contributed by atoms with Crippen LogP contribution in [0.15, 0.2) is 109 Å². The van der Waals surface area contributed by atoms with E-state index >= 15 is 0 Å². The van der Waals surface area contributed by atoms with Crippen molar-refractivity contribution < 1.29 is 9.59 Å². The third-order valence-corrected chi connectivity index (χ3v) is 7.63. The highest BCUT2D eigenvalue weighted by molar-refractivity contribution is 6.30. The van der Waals surface area contributed by atoms with E-state index in [0.717, 1.165) is 27.6 Å². The van der Waals surface area contributed by atoms with E-state index in [0.29, 0.717) is 29.5 Å². The first kappa shape index (κ1) is 27.4. The van der Waals surface area contributed by atoms with Gasteiger partial charge in [0, 0.05) is 34.2 Å². The van der Waals surface area contributed by atoms with Gasteiger partial charge in [0.25, 0.3) is 0 Å². The van der Waals surface area contributed by atoms with Crippen molar-refractivity contribution in [3.8, 4) is 0 Å². The van der Waals surface area contributed by atoms with Crippen LogP contribution in [0.5, 0.6) is 0 Å². The van der Waals surface area contributed by atoms with Gasteiger partial charge in [0.05, 0.1) is 6.42 Å². The molecule has 40 heavy (non-hydrogen) atoms. The van der Waals surface area contributed by atoms with E-state index in [2.05, 4.69) is 18.8 Å². The molecule has 5 rings (SSSR count). The predicted molar refractivity (Wildman–Crippen MR) is 164 cm³/mol. The molecule has 0 bridgehead atoms. The number of para-hydroxylation sites is 1. The first-order valence-electron chi connectivity index (χ1n) is 13.7. The van der Waals surface area contributed by atoms with Gasteiger partial charge in [0.2, 0.25) is 5.91 Å². The van der Waals surface area contributed by atoms with Crippen molar-refractivity contribution in [1.29, 1.82) is 0 Å². The van der Waals surface area contributed by atoms with E-state index in [1.165, 1.54) is 5.56 Å². The van der Waals surface area contributed by atoms with Crippen molar-refractivity contribution in [2.75, 3.05) is 4.90 Å². The zero-order chi connectivity index (χ0) is 28.1. The summed E-state index contributed by atoms with van der Waals surface area (Å²) in [5, 5.41) is 1.58. The molecule has 0 aliphatic heterocycles. The van der Waals surface area contributed by atoms with Crippen LogP contribution < -0.4 is 4.90 Å². The lowest BCUT2D eigenvalue weighted by Gasteiger charge is -2.32. The second kappa shape index (κ2) is 12.4. The summed E-state index contributed by atoms with van der Waals surface area (Å²) in [6, 6.07) is 32.4.